The number of aromatic nitrogens is 2. The van der Waals surface area contributed by atoms with Gasteiger partial charge in [0, 0.05) is 82.4 Å². The van der Waals surface area contributed by atoms with Crippen LogP contribution in [0.25, 0.3) is 27.6 Å². The standard InChI is InChI=1S/C57H57N4O.2Pt/c1-54(2,3)39-27-28-58-53(34-39)61-49-22-16-15-21-47(49)48-26-25-45(36-52(48)61)62-46-33-42(57(10,11)38-19-13-12-14-20-38)32-44(35-46)60-37-59(50-23-17-18-24-51(50)60)43-30-40(55(4,5)6)29-41(31-43)56(7,8)9;;/h12-34,37H,1-11H3;;/q-3;;. The SMILES string of the molecule is CC(C)(C)c1cc(N2[CH-]N(c3[c-]c(Oc4[c-]c5c(cc4)c4ccccc4n5-c4cc(C(C)(C)C)ccn4)cc(C(C)(C)c4ccccc4)c3)c3ccccc32)cc(C(C)(C)C)c1.[Pt].[Pt]. The number of rotatable bonds is 7. The Balaban J connectivity index is 0.00000306. The van der Waals surface area contributed by atoms with Crippen molar-refractivity contribution in [2.45, 2.75) is 97.8 Å². The summed E-state index contributed by atoms with van der Waals surface area (Å²) in [6.45, 7) is 27.2. The Labute approximate surface area is 409 Å². The molecular formula is C57H57N4OPt2-3. The van der Waals surface area contributed by atoms with Crippen LogP contribution in [0.2, 0.25) is 0 Å². The fourth-order valence-electron chi connectivity index (χ4n) is 8.52. The maximum absolute atomic E-state index is 6.93. The van der Waals surface area contributed by atoms with Crippen LogP contribution in [0, 0.1) is 18.8 Å². The van der Waals surface area contributed by atoms with Gasteiger partial charge in [-0.05, 0) is 91.8 Å². The molecule has 7 heteroatoms. The quantitative estimate of drug-likeness (QED) is 0.149. The molecule has 0 aliphatic carbocycles. The first kappa shape index (κ1) is 47.0. The largest absolute Gasteiger partial charge is 0.509 e. The maximum Gasteiger partial charge on any atom is 0.135 e. The van der Waals surface area contributed by atoms with Crippen molar-refractivity contribution in [3.05, 3.63) is 186 Å². The molecule has 6 aromatic carbocycles. The Hall–Kier alpha value is -4.95. The van der Waals surface area contributed by atoms with Gasteiger partial charge in [0.05, 0.1) is 0 Å². The summed E-state index contributed by atoms with van der Waals surface area (Å²) >= 11 is 0. The summed E-state index contributed by atoms with van der Waals surface area (Å²) in [6, 6.07) is 55.2. The van der Waals surface area contributed by atoms with Crippen molar-refractivity contribution in [3.63, 3.8) is 0 Å². The molecule has 5 nitrogen and oxygen atoms in total. The first-order valence-electron chi connectivity index (χ1n) is 21.8. The van der Waals surface area contributed by atoms with Gasteiger partial charge in [0.1, 0.15) is 5.82 Å². The molecule has 0 saturated carbocycles. The van der Waals surface area contributed by atoms with E-state index in [1.165, 1.54) is 22.3 Å². The van der Waals surface area contributed by atoms with Crippen LogP contribution in [0.3, 0.4) is 0 Å². The van der Waals surface area contributed by atoms with E-state index in [4.69, 9.17) is 9.72 Å². The van der Waals surface area contributed by atoms with Gasteiger partial charge in [-0.15, -0.1) is 53.6 Å². The van der Waals surface area contributed by atoms with Gasteiger partial charge < -0.3 is 19.1 Å². The van der Waals surface area contributed by atoms with Crippen LogP contribution in [0.15, 0.2) is 140 Å². The van der Waals surface area contributed by atoms with Crippen LogP contribution in [0.1, 0.15) is 104 Å². The summed E-state index contributed by atoms with van der Waals surface area (Å²) in [5.74, 6) is 2.07. The molecule has 0 fully saturated rings. The topological polar surface area (TPSA) is 33.5 Å². The van der Waals surface area contributed by atoms with Crippen LogP contribution < -0.4 is 14.5 Å². The third kappa shape index (κ3) is 8.88. The van der Waals surface area contributed by atoms with Gasteiger partial charge in [0.25, 0.3) is 0 Å². The molecule has 0 atom stereocenters. The molecule has 64 heavy (non-hydrogen) atoms. The predicted octanol–water partition coefficient (Wildman–Crippen LogP) is 15.2. The molecule has 8 aromatic rings. The number of pyridine rings is 1. The molecule has 3 heterocycles. The molecule has 2 aromatic heterocycles. The number of fused-ring (bicyclic) bond motifs is 4. The molecule has 0 bridgehead atoms. The number of anilines is 4. The molecule has 0 unspecified atom stereocenters. The monoisotopic (exact) mass is 1200 g/mol. The summed E-state index contributed by atoms with van der Waals surface area (Å²) < 4.78 is 9.14. The molecule has 0 saturated heterocycles. The second-order valence-corrected chi connectivity index (χ2v) is 20.4. The van der Waals surface area contributed by atoms with Crippen molar-refractivity contribution < 1.29 is 46.9 Å². The molecule has 334 valence electrons. The molecule has 0 radical (unpaired) electrons. The van der Waals surface area contributed by atoms with E-state index < -0.39 is 0 Å². The normalized spacial score (nSPS) is 13.2. The molecule has 0 amide bonds. The molecule has 0 N–H and O–H groups in total. The maximum atomic E-state index is 6.93. The van der Waals surface area contributed by atoms with E-state index in [0.29, 0.717) is 11.5 Å². The first-order chi connectivity index (χ1) is 29.4. The average Bonchev–Trinajstić information content (AvgIpc) is 3.79. The molecule has 9 rings (SSSR count). The van der Waals surface area contributed by atoms with E-state index in [1.54, 1.807) is 0 Å². The third-order valence-electron chi connectivity index (χ3n) is 12.5. The van der Waals surface area contributed by atoms with Crippen molar-refractivity contribution in [1.82, 2.24) is 9.55 Å². The van der Waals surface area contributed by atoms with E-state index in [2.05, 4.69) is 237 Å². The number of benzene rings is 6. The minimum Gasteiger partial charge on any atom is -0.509 e. The smallest absolute Gasteiger partial charge is 0.135 e. The van der Waals surface area contributed by atoms with Gasteiger partial charge in [-0.25, -0.2) is 4.98 Å². The number of hydrogen-bond donors (Lipinski definition) is 0. The second kappa shape index (κ2) is 17.4. The molecule has 0 spiro atoms. The molecule has 1 aliphatic rings. The minimum atomic E-state index is -0.353. The van der Waals surface area contributed by atoms with Crippen LogP contribution in [0.5, 0.6) is 11.5 Å². The Bertz CT molecular complexity index is 2930. The fraction of sp³-hybridized carbons (Fsp3) is 0.263. The van der Waals surface area contributed by atoms with Crippen molar-refractivity contribution >= 4 is 44.6 Å². The van der Waals surface area contributed by atoms with Gasteiger partial charge in [-0.2, -0.15) is 6.07 Å². The molecule has 1 aliphatic heterocycles. The second-order valence-electron chi connectivity index (χ2n) is 20.4. The van der Waals surface area contributed by atoms with E-state index in [0.717, 1.165) is 55.9 Å². The van der Waals surface area contributed by atoms with Crippen LogP contribution >= 0.6 is 0 Å². The predicted molar refractivity (Wildman–Crippen MR) is 259 cm³/mol. The van der Waals surface area contributed by atoms with E-state index in [-0.39, 0.29) is 63.8 Å². The summed E-state index contributed by atoms with van der Waals surface area (Å²) in [6.07, 6.45) is 1.91. The number of para-hydroxylation sites is 3. The number of ether oxygens (including phenoxy) is 1. The average molecular weight is 1200 g/mol. The van der Waals surface area contributed by atoms with E-state index in [9.17, 15) is 0 Å². The summed E-state index contributed by atoms with van der Waals surface area (Å²) in [5, 5.41) is 2.23. The zero-order chi connectivity index (χ0) is 43.8. The Morgan fingerprint density at radius 1 is 0.500 bits per heavy atom. The number of hydrogen-bond acceptors (Lipinski definition) is 4. The summed E-state index contributed by atoms with van der Waals surface area (Å²) in [4.78, 5) is 9.48. The summed E-state index contributed by atoms with van der Waals surface area (Å²) in [7, 11) is 0. The Kier molecular flexibility index (Phi) is 12.8. The van der Waals surface area contributed by atoms with Crippen LogP contribution in [-0.2, 0) is 63.8 Å². The van der Waals surface area contributed by atoms with Crippen molar-refractivity contribution in [2.24, 2.45) is 0 Å². The number of nitrogens with zero attached hydrogens (tertiary/aromatic N) is 4. The zero-order valence-electron chi connectivity index (χ0n) is 38.7. The van der Waals surface area contributed by atoms with Gasteiger partial charge in [-0.3, -0.25) is 0 Å². The van der Waals surface area contributed by atoms with Crippen LogP contribution in [-0.4, -0.2) is 9.55 Å². The van der Waals surface area contributed by atoms with Gasteiger partial charge in [0.15, 0.2) is 0 Å². The van der Waals surface area contributed by atoms with Crippen LogP contribution in [0.4, 0.5) is 22.7 Å². The van der Waals surface area contributed by atoms with Crippen molar-refractivity contribution in [3.8, 4) is 17.3 Å². The zero-order valence-corrected chi connectivity index (χ0v) is 43.2. The first-order valence-corrected chi connectivity index (χ1v) is 21.8. The molecular weight excluding hydrogens is 1150 g/mol. The van der Waals surface area contributed by atoms with Crippen molar-refractivity contribution in [1.29, 1.82) is 0 Å². The fourth-order valence-corrected chi connectivity index (χ4v) is 8.52. The van der Waals surface area contributed by atoms with Gasteiger partial charge >= 0.3 is 0 Å². The minimum absolute atomic E-state index is 0. The van der Waals surface area contributed by atoms with Gasteiger partial charge in [-0.1, -0.05) is 148 Å². The summed E-state index contributed by atoms with van der Waals surface area (Å²) in [5.41, 5.74) is 11.9. The van der Waals surface area contributed by atoms with Gasteiger partial charge in [0.2, 0.25) is 0 Å². The Morgan fingerprint density at radius 3 is 1.77 bits per heavy atom. The van der Waals surface area contributed by atoms with Crippen molar-refractivity contribution in [2.75, 3.05) is 9.80 Å². The van der Waals surface area contributed by atoms with E-state index in [1.807, 2.05) is 12.3 Å². The Morgan fingerprint density at radius 2 is 1.11 bits per heavy atom. The van der Waals surface area contributed by atoms with E-state index >= 15 is 0 Å². The third-order valence-corrected chi connectivity index (χ3v) is 12.5.